The average Bonchev–Trinajstić information content (AvgIpc) is 3.12. The molecule has 1 atom stereocenters. The minimum atomic E-state index is -0.328. The number of nitrogens with one attached hydrogen (secondary N) is 1. The van der Waals surface area contributed by atoms with Crippen molar-refractivity contribution < 1.29 is 14.3 Å². The van der Waals surface area contributed by atoms with Gasteiger partial charge in [0.25, 0.3) is 5.91 Å². The molecule has 3 rings (SSSR count). The van der Waals surface area contributed by atoms with E-state index >= 15 is 0 Å². The van der Waals surface area contributed by atoms with E-state index in [-0.39, 0.29) is 17.9 Å². The third-order valence-corrected chi connectivity index (χ3v) is 3.53. The van der Waals surface area contributed by atoms with Gasteiger partial charge in [0.2, 0.25) is 0 Å². The maximum atomic E-state index is 12.2. The van der Waals surface area contributed by atoms with Gasteiger partial charge in [0, 0.05) is 24.0 Å². The summed E-state index contributed by atoms with van der Waals surface area (Å²) in [6, 6.07) is 5.42. The van der Waals surface area contributed by atoms with Crippen LogP contribution in [0.15, 0.2) is 42.2 Å². The van der Waals surface area contributed by atoms with Gasteiger partial charge in [-0.15, -0.1) is 0 Å². The Morgan fingerprint density at radius 2 is 2.33 bits per heavy atom. The van der Waals surface area contributed by atoms with Gasteiger partial charge in [-0.3, -0.25) is 4.79 Å². The number of nitrogens with zero attached hydrogens (tertiary/aromatic N) is 2. The van der Waals surface area contributed by atoms with Gasteiger partial charge < -0.3 is 10.1 Å². The molecule has 2 heterocycles. The second-order valence-electron chi connectivity index (χ2n) is 4.95. The Morgan fingerprint density at radius 1 is 1.48 bits per heavy atom. The number of carbonyl (C=O) groups is 2. The van der Waals surface area contributed by atoms with Gasteiger partial charge in [0.15, 0.2) is 0 Å². The first-order valence-electron chi connectivity index (χ1n) is 6.69. The van der Waals surface area contributed by atoms with E-state index < -0.39 is 0 Å². The fraction of sp³-hybridized carbons (Fsp3) is 0.267. The second-order valence-corrected chi connectivity index (χ2v) is 4.95. The average molecular weight is 285 g/mol. The Labute approximate surface area is 121 Å². The summed E-state index contributed by atoms with van der Waals surface area (Å²) in [4.78, 5) is 23.6. The van der Waals surface area contributed by atoms with E-state index in [0.29, 0.717) is 24.0 Å². The predicted octanol–water partition coefficient (Wildman–Crippen LogP) is 1.33. The number of rotatable bonds is 3. The van der Waals surface area contributed by atoms with Crippen molar-refractivity contribution >= 4 is 17.4 Å². The maximum Gasteiger partial charge on any atom is 0.333 e. The summed E-state index contributed by atoms with van der Waals surface area (Å²) in [6.07, 6.45) is 6.31. The molecule has 2 aromatic heterocycles. The van der Waals surface area contributed by atoms with E-state index in [2.05, 4.69) is 15.2 Å². The van der Waals surface area contributed by atoms with Crippen molar-refractivity contribution in [1.82, 2.24) is 14.9 Å². The highest BCUT2D eigenvalue weighted by Crippen LogP contribution is 2.20. The van der Waals surface area contributed by atoms with E-state index in [9.17, 15) is 9.59 Å². The molecule has 0 aromatic carbocycles. The predicted molar refractivity (Wildman–Crippen MR) is 75.8 cm³/mol. The largest absolute Gasteiger partial charge is 0.466 e. The van der Waals surface area contributed by atoms with Crippen LogP contribution in [0.5, 0.6) is 0 Å². The summed E-state index contributed by atoms with van der Waals surface area (Å²) < 4.78 is 6.33. The molecule has 1 amide bonds. The quantitative estimate of drug-likeness (QED) is 0.863. The number of hydrogen-bond donors (Lipinski definition) is 1. The lowest BCUT2D eigenvalue weighted by Crippen LogP contribution is -2.33. The van der Waals surface area contributed by atoms with Gasteiger partial charge in [-0.05, 0) is 31.0 Å². The van der Waals surface area contributed by atoms with Crippen LogP contribution in [-0.2, 0) is 9.53 Å². The summed E-state index contributed by atoms with van der Waals surface area (Å²) in [5, 5.41) is 7.05. The van der Waals surface area contributed by atoms with E-state index in [4.69, 9.17) is 0 Å². The molecule has 0 fully saturated rings. The van der Waals surface area contributed by atoms with Crippen LogP contribution in [-0.4, -0.2) is 34.6 Å². The first kappa shape index (κ1) is 13.4. The van der Waals surface area contributed by atoms with E-state index in [1.807, 2.05) is 18.2 Å². The Balaban J connectivity index is 1.66. The summed E-state index contributed by atoms with van der Waals surface area (Å²) in [5.41, 5.74) is 2.04. The van der Waals surface area contributed by atoms with Gasteiger partial charge in [-0.1, -0.05) is 6.08 Å². The van der Waals surface area contributed by atoms with Crippen LogP contribution in [0.1, 0.15) is 23.2 Å². The molecule has 0 aliphatic heterocycles. The number of carbonyl (C=O) groups excluding carboxylic acids is 2. The minimum Gasteiger partial charge on any atom is -0.466 e. The molecule has 0 radical (unpaired) electrons. The minimum absolute atomic E-state index is 0.0671. The van der Waals surface area contributed by atoms with Gasteiger partial charge in [0.05, 0.1) is 18.2 Å². The molecule has 0 saturated heterocycles. The zero-order chi connectivity index (χ0) is 14.8. The van der Waals surface area contributed by atoms with E-state index in [1.54, 1.807) is 23.0 Å². The van der Waals surface area contributed by atoms with Crippen LogP contribution in [0, 0.1) is 0 Å². The van der Waals surface area contributed by atoms with Crippen molar-refractivity contribution in [2.75, 3.05) is 7.11 Å². The van der Waals surface area contributed by atoms with Gasteiger partial charge in [-0.2, -0.15) is 5.10 Å². The Bertz CT molecular complexity index is 700. The number of aromatic nitrogens is 2. The van der Waals surface area contributed by atoms with Crippen LogP contribution >= 0.6 is 0 Å². The van der Waals surface area contributed by atoms with Crippen LogP contribution in [0.4, 0.5) is 0 Å². The maximum absolute atomic E-state index is 12.2. The number of amides is 1. The van der Waals surface area contributed by atoms with Crippen LogP contribution in [0.2, 0.25) is 0 Å². The van der Waals surface area contributed by atoms with Gasteiger partial charge in [-0.25, -0.2) is 9.31 Å². The fourth-order valence-electron chi connectivity index (χ4n) is 2.46. The summed E-state index contributed by atoms with van der Waals surface area (Å²) >= 11 is 0. The number of methoxy groups -OCH3 is 1. The molecular formula is C15H15N3O3. The zero-order valence-electron chi connectivity index (χ0n) is 11.6. The molecule has 6 heteroatoms. The van der Waals surface area contributed by atoms with E-state index in [0.717, 1.165) is 5.52 Å². The highest BCUT2D eigenvalue weighted by atomic mass is 16.5. The van der Waals surface area contributed by atoms with Crippen molar-refractivity contribution in [3.05, 3.63) is 47.8 Å². The Hall–Kier alpha value is -2.63. The number of esters is 1. The van der Waals surface area contributed by atoms with Gasteiger partial charge in [0.1, 0.15) is 0 Å². The molecule has 1 N–H and O–H groups in total. The molecule has 108 valence electrons. The molecule has 1 aliphatic rings. The lowest BCUT2D eigenvalue weighted by Gasteiger charge is -2.11. The Kier molecular flexibility index (Phi) is 3.43. The lowest BCUT2D eigenvalue weighted by molar-refractivity contribution is -0.136. The second kappa shape index (κ2) is 5.40. The SMILES string of the molecule is COC(=O)C1=CCC(NC(=O)c2cc3cccnn3c2)C1. The highest BCUT2D eigenvalue weighted by molar-refractivity contribution is 5.96. The molecule has 21 heavy (non-hydrogen) atoms. The van der Waals surface area contributed by atoms with Crippen LogP contribution in [0.3, 0.4) is 0 Å². The topological polar surface area (TPSA) is 72.7 Å². The number of ether oxygens (including phenoxy) is 1. The van der Waals surface area contributed by atoms with Crippen LogP contribution < -0.4 is 5.32 Å². The monoisotopic (exact) mass is 285 g/mol. The molecule has 0 saturated carbocycles. The highest BCUT2D eigenvalue weighted by Gasteiger charge is 2.24. The molecule has 1 aliphatic carbocycles. The first-order chi connectivity index (χ1) is 10.2. The van der Waals surface area contributed by atoms with Crippen molar-refractivity contribution in [2.45, 2.75) is 18.9 Å². The van der Waals surface area contributed by atoms with Crippen LogP contribution in [0.25, 0.3) is 5.52 Å². The molecule has 0 bridgehead atoms. The molecule has 0 spiro atoms. The third kappa shape index (κ3) is 2.65. The van der Waals surface area contributed by atoms with E-state index in [1.165, 1.54) is 7.11 Å². The number of fused-ring (bicyclic) bond motifs is 1. The van der Waals surface area contributed by atoms with Crippen molar-refractivity contribution in [2.24, 2.45) is 0 Å². The zero-order valence-corrected chi connectivity index (χ0v) is 11.6. The lowest BCUT2D eigenvalue weighted by atomic mass is 10.1. The number of hydrogen-bond acceptors (Lipinski definition) is 4. The fourth-order valence-corrected chi connectivity index (χ4v) is 2.46. The Morgan fingerprint density at radius 3 is 3.10 bits per heavy atom. The smallest absolute Gasteiger partial charge is 0.333 e. The normalized spacial score (nSPS) is 17.6. The summed E-state index contributed by atoms with van der Waals surface area (Å²) in [7, 11) is 1.36. The third-order valence-electron chi connectivity index (χ3n) is 3.53. The molecule has 2 aromatic rings. The van der Waals surface area contributed by atoms with Crippen molar-refractivity contribution in [1.29, 1.82) is 0 Å². The first-order valence-corrected chi connectivity index (χ1v) is 6.69. The molecular weight excluding hydrogens is 270 g/mol. The molecule has 6 nitrogen and oxygen atoms in total. The van der Waals surface area contributed by atoms with Crippen molar-refractivity contribution in [3.8, 4) is 0 Å². The standard InChI is InChI=1S/C15H15N3O3/c1-21-15(20)10-4-5-12(7-10)17-14(19)11-8-13-3-2-6-16-18(13)9-11/h2-4,6,8-9,12H,5,7H2,1H3,(H,17,19). The summed E-state index contributed by atoms with van der Waals surface area (Å²) in [5.74, 6) is -0.490. The van der Waals surface area contributed by atoms with Gasteiger partial charge >= 0.3 is 5.97 Å². The van der Waals surface area contributed by atoms with Crippen molar-refractivity contribution in [3.63, 3.8) is 0 Å². The summed E-state index contributed by atoms with van der Waals surface area (Å²) in [6.45, 7) is 0. The molecule has 1 unspecified atom stereocenters.